The average Bonchev–Trinajstić information content (AvgIpc) is 3.21. The van der Waals surface area contributed by atoms with E-state index in [9.17, 15) is 14.0 Å². The zero-order valence-corrected chi connectivity index (χ0v) is 16.7. The van der Waals surface area contributed by atoms with Gasteiger partial charge in [0.25, 0.3) is 0 Å². The van der Waals surface area contributed by atoms with Gasteiger partial charge >= 0.3 is 11.7 Å². The van der Waals surface area contributed by atoms with Crippen molar-refractivity contribution in [2.75, 3.05) is 6.61 Å². The molecule has 30 heavy (non-hydrogen) atoms. The van der Waals surface area contributed by atoms with E-state index in [0.717, 1.165) is 0 Å². The summed E-state index contributed by atoms with van der Waals surface area (Å²) >= 11 is 6.33. The van der Waals surface area contributed by atoms with Gasteiger partial charge < -0.3 is 9.15 Å². The quantitative estimate of drug-likeness (QED) is 0.340. The first-order chi connectivity index (χ1) is 14.5. The summed E-state index contributed by atoms with van der Waals surface area (Å²) in [6, 6.07) is 12.7. The predicted octanol–water partition coefficient (Wildman–Crippen LogP) is 4.13. The number of esters is 1. The Bertz CT molecular complexity index is 1270. The molecule has 0 saturated heterocycles. The number of para-hydroxylation sites is 2. The Balaban J connectivity index is 1.42. The zero-order valence-electron chi connectivity index (χ0n) is 16.0. The van der Waals surface area contributed by atoms with Gasteiger partial charge in [0.05, 0.1) is 23.5 Å². The summed E-state index contributed by atoms with van der Waals surface area (Å²) in [6.45, 7) is 2.06. The fourth-order valence-electron chi connectivity index (χ4n) is 3.17. The highest BCUT2D eigenvalue weighted by Crippen LogP contribution is 2.24. The lowest BCUT2D eigenvalue weighted by atomic mass is 10.2. The minimum absolute atomic E-state index is 0.0844. The van der Waals surface area contributed by atoms with Crippen molar-refractivity contribution in [2.24, 2.45) is 0 Å². The van der Waals surface area contributed by atoms with Crippen LogP contribution in [-0.4, -0.2) is 26.9 Å². The maximum absolute atomic E-state index is 13.1. The van der Waals surface area contributed by atoms with E-state index in [2.05, 4.69) is 5.10 Å². The Hall–Kier alpha value is -3.39. The molecule has 0 aliphatic carbocycles. The lowest BCUT2D eigenvalue weighted by Gasteiger charge is -2.06. The van der Waals surface area contributed by atoms with Crippen LogP contribution in [0.4, 0.5) is 4.39 Å². The summed E-state index contributed by atoms with van der Waals surface area (Å²) in [5, 5.41) is 4.33. The normalized spacial score (nSPS) is 11.2. The first kappa shape index (κ1) is 19.9. The molecule has 0 radical (unpaired) electrons. The monoisotopic (exact) mass is 429 g/mol. The number of halogens is 2. The number of aryl methyl sites for hydroxylation is 2. The molecular weight excluding hydrogens is 413 g/mol. The first-order valence-electron chi connectivity index (χ1n) is 9.22. The number of oxazole rings is 1. The minimum Gasteiger partial charge on any atom is -0.462 e. The molecule has 0 unspecified atom stereocenters. The second-order valence-corrected chi connectivity index (χ2v) is 6.97. The second kappa shape index (κ2) is 8.16. The van der Waals surface area contributed by atoms with E-state index in [1.807, 2.05) is 6.07 Å². The summed E-state index contributed by atoms with van der Waals surface area (Å²) in [5.41, 5.74) is 2.26. The van der Waals surface area contributed by atoms with Gasteiger partial charge in [-0.25, -0.2) is 18.7 Å². The van der Waals surface area contributed by atoms with Gasteiger partial charge in [-0.15, -0.1) is 0 Å². The van der Waals surface area contributed by atoms with Gasteiger partial charge in [0, 0.05) is 6.54 Å². The van der Waals surface area contributed by atoms with Gasteiger partial charge in [-0.05, 0) is 49.7 Å². The maximum atomic E-state index is 13.1. The third kappa shape index (κ3) is 3.73. The van der Waals surface area contributed by atoms with Crippen LogP contribution in [0.25, 0.3) is 16.8 Å². The number of hydrogen-bond acceptors (Lipinski definition) is 5. The summed E-state index contributed by atoms with van der Waals surface area (Å²) in [7, 11) is 0. The van der Waals surface area contributed by atoms with Crippen LogP contribution in [0, 0.1) is 12.7 Å². The number of aromatic nitrogens is 3. The van der Waals surface area contributed by atoms with Gasteiger partial charge in [0.2, 0.25) is 0 Å². The van der Waals surface area contributed by atoms with Crippen molar-refractivity contribution in [3.8, 4) is 5.69 Å². The van der Waals surface area contributed by atoms with Gasteiger partial charge in [0.1, 0.15) is 16.5 Å². The summed E-state index contributed by atoms with van der Waals surface area (Å²) in [4.78, 5) is 24.5. The summed E-state index contributed by atoms with van der Waals surface area (Å²) in [6.07, 6.45) is 0.415. The van der Waals surface area contributed by atoms with Crippen molar-refractivity contribution in [3.05, 3.63) is 81.3 Å². The van der Waals surface area contributed by atoms with Crippen LogP contribution in [0.2, 0.25) is 5.15 Å². The molecule has 0 aliphatic rings. The molecule has 9 heteroatoms. The van der Waals surface area contributed by atoms with Gasteiger partial charge in [-0.2, -0.15) is 5.10 Å². The SMILES string of the molecule is Cc1nn(-c2ccc(F)cc2)c(Cl)c1C(=O)OCCCn1c(=O)oc2ccccc21. The largest absolute Gasteiger partial charge is 0.462 e. The number of hydrogen-bond donors (Lipinski definition) is 0. The van der Waals surface area contributed by atoms with Crippen LogP contribution in [0.5, 0.6) is 0 Å². The first-order valence-corrected chi connectivity index (χ1v) is 9.60. The fraction of sp³-hybridized carbons (Fsp3) is 0.190. The van der Waals surface area contributed by atoms with E-state index < -0.39 is 11.7 Å². The van der Waals surface area contributed by atoms with E-state index in [1.54, 1.807) is 25.1 Å². The Labute approximate surface area is 175 Å². The number of ether oxygens (including phenoxy) is 1. The van der Waals surface area contributed by atoms with Crippen molar-refractivity contribution in [1.82, 2.24) is 14.3 Å². The molecule has 2 aromatic carbocycles. The molecule has 4 aromatic rings. The highest BCUT2D eigenvalue weighted by atomic mass is 35.5. The van der Waals surface area contributed by atoms with E-state index in [1.165, 1.54) is 33.5 Å². The standard InChI is InChI=1S/C21H17ClFN3O4/c1-13-18(19(22)26(24-13)15-9-7-14(23)8-10-15)20(27)29-12-4-11-25-16-5-2-3-6-17(16)30-21(25)28/h2-3,5-10H,4,11-12H2,1H3. The van der Waals surface area contributed by atoms with Gasteiger partial charge in [-0.3, -0.25) is 4.57 Å². The van der Waals surface area contributed by atoms with Crippen LogP contribution >= 0.6 is 11.6 Å². The lowest BCUT2D eigenvalue weighted by Crippen LogP contribution is -2.16. The van der Waals surface area contributed by atoms with Crippen LogP contribution in [0.1, 0.15) is 22.5 Å². The molecule has 7 nitrogen and oxygen atoms in total. The van der Waals surface area contributed by atoms with Crippen molar-refractivity contribution < 1.29 is 18.3 Å². The van der Waals surface area contributed by atoms with E-state index in [0.29, 0.717) is 35.4 Å². The minimum atomic E-state index is -0.615. The summed E-state index contributed by atoms with van der Waals surface area (Å²) < 4.78 is 26.5. The van der Waals surface area contributed by atoms with E-state index in [4.69, 9.17) is 20.8 Å². The molecule has 0 aliphatic heterocycles. The Morgan fingerprint density at radius 1 is 1.20 bits per heavy atom. The molecule has 0 amide bonds. The molecule has 2 heterocycles. The van der Waals surface area contributed by atoms with Crippen molar-refractivity contribution in [1.29, 1.82) is 0 Å². The highest BCUT2D eigenvalue weighted by Gasteiger charge is 2.22. The average molecular weight is 430 g/mol. The zero-order chi connectivity index (χ0) is 21.3. The van der Waals surface area contributed by atoms with Crippen molar-refractivity contribution >= 4 is 28.7 Å². The fourth-order valence-corrected chi connectivity index (χ4v) is 3.52. The van der Waals surface area contributed by atoms with E-state index >= 15 is 0 Å². The van der Waals surface area contributed by atoms with Crippen molar-refractivity contribution in [3.63, 3.8) is 0 Å². The molecule has 154 valence electrons. The molecule has 0 saturated carbocycles. The molecule has 0 fully saturated rings. The molecular formula is C21H17ClFN3O4. The number of nitrogens with zero attached hydrogens (tertiary/aromatic N) is 3. The smallest absolute Gasteiger partial charge is 0.419 e. The molecule has 0 N–H and O–H groups in total. The number of benzene rings is 2. The number of rotatable bonds is 6. The number of carbonyl (C=O) groups excluding carboxylic acids is 1. The maximum Gasteiger partial charge on any atom is 0.419 e. The van der Waals surface area contributed by atoms with Crippen LogP contribution in [-0.2, 0) is 11.3 Å². The molecule has 0 bridgehead atoms. The van der Waals surface area contributed by atoms with Crippen molar-refractivity contribution in [2.45, 2.75) is 19.9 Å². The number of carbonyl (C=O) groups is 1. The Morgan fingerprint density at radius 2 is 1.93 bits per heavy atom. The Morgan fingerprint density at radius 3 is 2.70 bits per heavy atom. The molecule has 4 rings (SSSR count). The predicted molar refractivity (Wildman–Crippen MR) is 109 cm³/mol. The van der Waals surface area contributed by atoms with Crippen LogP contribution < -0.4 is 5.76 Å². The lowest BCUT2D eigenvalue weighted by molar-refractivity contribution is 0.0495. The number of fused-ring (bicyclic) bond motifs is 1. The third-order valence-electron chi connectivity index (χ3n) is 4.61. The highest BCUT2D eigenvalue weighted by molar-refractivity contribution is 6.33. The molecule has 0 spiro atoms. The van der Waals surface area contributed by atoms with Gasteiger partial charge in [-0.1, -0.05) is 23.7 Å². The van der Waals surface area contributed by atoms with Crippen LogP contribution in [0.3, 0.4) is 0 Å². The van der Waals surface area contributed by atoms with E-state index in [-0.39, 0.29) is 23.1 Å². The van der Waals surface area contributed by atoms with Crippen LogP contribution in [0.15, 0.2) is 57.7 Å². The molecule has 2 aromatic heterocycles. The second-order valence-electron chi connectivity index (χ2n) is 6.62. The summed E-state index contributed by atoms with van der Waals surface area (Å²) in [5.74, 6) is -1.46. The Kier molecular flexibility index (Phi) is 5.41. The third-order valence-corrected chi connectivity index (χ3v) is 4.96. The molecule has 0 atom stereocenters. The topological polar surface area (TPSA) is 79.3 Å². The van der Waals surface area contributed by atoms with Gasteiger partial charge in [0.15, 0.2) is 5.58 Å².